The number of fused-ring (bicyclic) bond motifs is 1. The molecule has 0 N–H and O–H groups in total. The molecule has 1 aliphatic heterocycles. The molecule has 12 heteroatoms. The van der Waals surface area contributed by atoms with Gasteiger partial charge in [0.15, 0.2) is 18.2 Å². The summed E-state index contributed by atoms with van der Waals surface area (Å²) in [5.74, 6) is -0.908. The van der Waals surface area contributed by atoms with Crippen molar-refractivity contribution in [3.8, 4) is 5.75 Å². The predicted octanol–water partition coefficient (Wildman–Crippen LogP) is 3.40. The third kappa shape index (κ3) is 3.72. The van der Waals surface area contributed by atoms with E-state index in [4.69, 9.17) is 16.3 Å². The fourth-order valence-electron chi connectivity index (χ4n) is 3.26. The van der Waals surface area contributed by atoms with Gasteiger partial charge in [-0.2, -0.15) is 18.3 Å². The molecule has 8 nitrogen and oxygen atoms in total. The van der Waals surface area contributed by atoms with E-state index in [0.29, 0.717) is 10.8 Å². The third-order valence-electron chi connectivity index (χ3n) is 4.75. The van der Waals surface area contributed by atoms with E-state index >= 15 is 0 Å². The van der Waals surface area contributed by atoms with Gasteiger partial charge in [-0.05, 0) is 25.1 Å². The van der Waals surface area contributed by atoms with Gasteiger partial charge in [0.2, 0.25) is 5.82 Å². The number of hydrogen-bond acceptors (Lipinski definition) is 5. The highest BCUT2D eigenvalue weighted by molar-refractivity contribution is 6.32. The van der Waals surface area contributed by atoms with E-state index in [0.717, 1.165) is 4.57 Å². The van der Waals surface area contributed by atoms with Gasteiger partial charge in [-0.15, -0.1) is 10.2 Å². The molecule has 1 amide bonds. The van der Waals surface area contributed by atoms with Crippen LogP contribution in [0.4, 0.5) is 13.2 Å². The number of hydrogen-bond donors (Lipinski definition) is 0. The molecule has 3 aromatic rings. The van der Waals surface area contributed by atoms with Gasteiger partial charge in [0.1, 0.15) is 5.75 Å². The average molecular weight is 441 g/mol. The molecule has 158 valence electrons. The molecule has 3 heterocycles. The highest BCUT2D eigenvalue weighted by atomic mass is 35.5. The minimum atomic E-state index is -4.60. The summed E-state index contributed by atoms with van der Waals surface area (Å²) in [5, 5.41) is 11.6. The summed E-state index contributed by atoms with van der Waals surface area (Å²) in [6.45, 7) is 1.67. The number of para-hydroxylation sites is 1. The van der Waals surface area contributed by atoms with Crippen LogP contribution in [-0.2, 0) is 19.5 Å². The molecule has 0 spiro atoms. The first-order valence-corrected chi connectivity index (χ1v) is 9.35. The minimum absolute atomic E-state index is 0.0375. The van der Waals surface area contributed by atoms with E-state index in [1.165, 1.54) is 15.6 Å². The normalized spacial score (nSPS) is 16.4. The van der Waals surface area contributed by atoms with Gasteiger partial charge in [0.25, 0.3) is 5.91 Å². The summed E-state index contributed by atoms with van der Waals surface area (Å²) in [6, 6.07) is 7.79. The van der Waals surface area contributed by atoms with Crippen LogP contribution in [0.15, 0.2) is 36.5 Å². The molecule has 4 rings (SSSR count). The molecule has 0 saturated heterocycles. The number of aromatic nitrogens is 5. The molecule has 1 unspecified atom stereocenters. The Morgan fingerprint density at radius 1 is 1.23 bits per heavy atom. The fraction of sp³-hybridized carbons (Fsp3) is 0.333. The molecule has 0 fully saturated rings. The maximum absolute atomic E-state index is 13.0. The van der Waals surface area contributed by atoms with Gasteiger partial charge in [-0.1, -0.05) is 23.7 Å². The van der Waals surface area contributed by atoms with Crippen LogP contribution < -0.4 is 4.74 Å². The van der Waals surface area contributed by atoms with Crippen molar-refractivity contribution in [2.24, 2.45) is 0 Å². The van der Waals surface area contributed by atoms with Crippen LogP contribution in [0.1, 0.15) is 35.1 Å². The summed E-state index contributed by atoms with van der Waals surface area (Å²) in [4.78, 5) is 14.3. The van der Waals surface area contributed by atoms with Crippen molar-refractivity contribution < 1.29 is 22.7 Å². The topological polar surface area (TPSA) is 78.1 Å². The lowest BCUT2D eigenvalue weighted by molar-refractivity contribution is -0.148. The van der Waals surface area contributed by atoms with Crippen LogP contribution in [0.2, 0.25) is 5.02 Å². The van der Waals surface area contributed by atoms with Crippen molar-refractivity contribution in [1.29, 1.82) is 0 Å². The SMILES string of the molecule is CC1c2nnc(C(F)(F)F)n2CCN1C(=O)c1ccn(COc2ccccc2Cl)n1. The van der Waals surface area contributed by atoms with Crippen molar-refractivity contribution in [2.45, 2.75) is 32.4 Å². The molecule has 2 aromatic heterocycles. The monoisotopic (exact) mass is 440 g/mol. The fourth-order valence-corrected chi connectivity index (χ4v) is 3.46. The average Bonchev–Trinajstić information content (AvgIpc) is 3.34. The van der Waals surface area contributed by atoms with Crippen LogP contribution >= 0.6 is 11.6 Å². The number of carbonyl (C=O) groups is 1. The summed E-state index contributed by atoms with van der Waals surface area (Å²) in [7, 11) is 0. The first kappa shape index (κ1) is 20.2. The number of carbonyl (C=O) groups excluding carboxylic acids is 1. The van der Waals surface area contributed by atoms with Gasteiger partial charge < -0.3 is 14.2 Å². The molecule has 1 aliphatic rings. The number of halogens is 4. The highest BCUT2D eigenvalue weighted by Gasteiger charge is 2.42. The Morgan fingerprint density at radius 3 is 2.73 bits per heavy atom. The molecular weight excluding hydrogens is 425 g/mol. The Hall–Kier alpha value is -3.08. The lowest BCUT2D eigenvalue weighted by Gasteiger charge is -2.33. The van der Waals surface area contributed by atoms with Crippen LogP contribution in [0.25, 0.3) is 0 Å². The van der Waals surface area contributed by atoms with Crippen LogP contribution in [0.5, 0.6) is 5.75 Å². The Kier molecular flexibility index (Phi) is 5.14. The Labute approximate surface area is 173 Å². The van der Waals surface area contributed by atoms with E-state index in [-0.39, 0.29) is 31.3 Å². The number of amides is 1. The maximum Gasteiger partial charge on any atom is 0.451 e. The van der Waals surface area contributed by atoms with Crippen molar-refractivity contribution in [3.63, 3.8) is 0 Å². The zero-order chi connectivity index (χ0) is 21.5. The second kappa shape index (κ2) is 7.63. The standard InChI is InChI=1S/C18H16ClF3N6O2/c1-11-15-23-24-17(18(20,21)22)28(15)9-8-27(11)16(29)13-6-7-26(25-13)10-30-14-5-3-2-4-12(14)19/h2-7,11H,8-10H2,1H3. The van der Waals surface area contributed by atoms with E-state index in [9.17, 15) is 18.0 Å². The molecule has 1 atom stereocenters. The summed E-state index contributed by atoms with van der Waals surface area (Å²) in [5.41, 5.74) is 0.147. The van der Waals surface area contributed by atoms with Gasteiger partial charge in [0, 0.05) is 19.3 Å². The molecular formula is C18H16ClF3N6O2. The predicted molar refractivity (Wildman–Crippen MR) is 98.8 cm³/mol. The second-order valence-electron chi connectivity index (χ2n) is 6.65. The molecule has 0 radical (unpaired) electrons. The Bertz CT molecular complexity index is 1080. The smallest absolute Gasteiger partial charge is 0.451 e. The van der Waals surface area contributed by atoms with E-state index in [1.54, 1.807) is 37.4 Å². The number of alkyl halides is 3. The van der Waals surface area contributed by atoms with Crippen LogP contribution in [0.3, 0.4) is 0 Å². The van der Waals surface area contributed by atoms with E-state index in [2.05, 4.69) is 15.3 Å². The quantitative estimate of drug-likeness (QED) is 0.621. The zero-order valence-corrected chi connectivity index (χ0v) is 16.4. The molecule has 0 bridgehead atoms. The van der Waals surface area contributed by atoms with E-state index < -0.39 is 23.9 Å². The summed E-state index contributed by atoms with van der Waals surface area (Å²) in [6.07, 6.45) is -3.03. The minimum Gasteiger partial charge on any atom is -0.470 e. The zero-order valence-electron chi connectivity index (χ0n) is 15.7. The van der Waals surface area contributed by atoms with E-state index in [1.807, 2.05) is 0 Å². The largest absolute Gasteiger partial charge is 0.470 e. The highest BCUT2D eigenvalue weighted by Crippen LogP contribution is 2.33. The van der Waals surface area contributed by atoms with Crippen LogP contribution in [-0.4, -0.2) is 41.9 Å². The first-order valence-electron chi connectivity index (χ1n) is 8.97. The first-order chi connectivity index (χ1) is 14.3. The van der Waals surface area contributed by atoms with Gasteiger partial charge in [-0.25, -0.2) is 4.68 Å². The summed E-state index contributed by atoms with van der Waals surface area (Å²) >= 11 is 6.04. The number of benzene rings is 1. The number of rotatable bonds is 4. The Morgan fingerprint density at radius 2 is 2.00 bits per heavy atom. The molecule has 0 saturated carbocycles. The number of ether oxygens (including phenoxy) is 1. The second-order valence-corrected chi connectivity index (χ2v) is 7.06. The van der Waals surface area contributed by atoms with Crippen molar-refractivity contribution in [3.05, 3.63) is 58.9 Å². The van der Waals surface area contributed by atoms with Gasteiger partial charge in [-0.3, -0.25) is 4.79 Å². The third-order valence-corrected chi connectivity index (χ3v) is 5.06. The Balaban J connectivity index is 1.47. The van der Waals surface area contributed by atoms with Crippen LogP contribution in [0, 0.1) is 0 Å². The van der Waals surface area contributed by atoms with Crippen molar-refractivity contribution >= 4 is 17.5 Å². The van der Waals surface area contributed by atoms with Gasteiger partial charge >= 0.3 is 6.18 Å². The molecule has 30 heavy (non-hydrogen) atoms. The lowest BCUT2D eigenvalue weighted by Crippen LogP contribution is -2.42. The lowest BCUT2D eigenvalue weighted by atomic mass is 10.2. The maximum atomic E-state index is 13.0. The van der Waals surface area contributed by atoms with Crippen molar-refractivity contribution in [1.82, 2.24) is 29.4 Å². The number of nitrogens with zero attached hydrogens (tertiary/aromatic N) is 6. The summed E-state index contributed by atoms with van der Waals surface area (Å²) < 4.78 is 47.1. The molecule has 1 aromatic carbocycles. The molecule has 0 aliphatic carbocycles. The van der Waals surface area contributed by atoms with Crippen molar-refractivity contribution in [2.75, 3.05) is 6.54 Å². The van der Waals surface area contributed by atoms with Gasteiger partial charge in [0.05, 0.1) is 11.1 Å².